The molecule has 3 nitrogen and oxygen atoms in total. The van der Waals surface area contributed by atoms with Crippen LogP contribution < -0.4 is 5.32 Å². The lowest BCUT2D eigenvalue weighted by atomic mass is 10.1. The Morgan fingerprint density at radius 2 is 1.91 bits per heavy atom. The molecule has 122 valence electrons. The summed E-state index contributed by atoms with van der Waals surface area (Å²) in [4.78, 5) is 14.1. The Bertz CT molecular complexity index is 495. The molecule has 1 aliphatic rings. The fourth-order valence-electron chi connectivity index (χ4n) is 2.36. The zero-order valence-corrected chi connectivity index (χ0v) is 12.6. The average Bonchev–Trinajstić information content (AvgIpc) is 3.29. The molecule has 1 fully saturated rings. The van der Waals surface area contributed by atoms with Gasteiger partial charge in [-0.3, -0.25) is 4.79 Å². The second kappa shape index (κ2) is 7.13. The quantitative estimate of drug-likeness (QED) is 0.784. The number of amides is 1. The largest absolute Gasteiger partial charge is 0.416 e. The van der Waals surface area contributed by atoms with Crippen LogP contribution in [0.4, 0.5) is 13.2 Å². The highest BCUT2D eigenvalue weighted by molar-refractivity contribution is 5.76. The summed E-state index contributed by atoms with van der Waals surface area (Å²) in [5.74, 6) is 0.0812. The highest BCUT2D eigenvalue weighted by Gasteiger charge is 2.33. The highest BCUT2D eigenvalue weighted by Crippen LogP contribution is 2.31. The van der Waals surface area contributed by atoms with E-state index in [4.69, 9.17) is 0 Å². The third-order valence-electron chi connectivity index (χ3n) is 3.76. The van der Waals surface area contributed by atoms with Crippen molar-refractivity contribution < 1.29 is 18.0 Å². The summed E-state index contributed by atoms with van der Waals surface area (Å²) >= 11 is 0. The molecule has 0 unspecified atom stereocenters. The molecule has 0 saturated heterocycles. The molecule has 0 heterocycles. The lowest BCUT2D eigenvalue weighted by Crippen LogP contribution is -2.32. The van der Waals surface area contributed by atoms with Crippen LogP contribution in [-0.4, -0.2) is 30.4 Å². The number of halogens is 3. The minimum Gasteiger partial charge on any atom is -0.335 e. The first kappa shape index (κ1) is 16.8. The molecular weight excluding hydrogens is 293 g/mol. The van der Waals surface area contributed by atoms with E-state index < -0.39 is 11.7 Å². The normalized spacial score (nSPS) is 14.9. The molecule has 0 bridgehead atoms. The highest BCUT2D eigenvalue weighted by atomic mass is 19.4. The summed E-state index contributed by atoms with van der Waals surface area (Å²) in [6, 6.07) is 5.32. The van der Waals surface area contributed by atoms with Crippen molar-refractivity contribution >= 4 is 5.91 Å². The van der Waals surface area contributed by atoms with Crippen LogP contribution in [0.2, 0.25) is 0 Å². The van der Waals surface area contributed by atoms with Gasteiger partial charge in [0.15, 0.2) is 0 Å². The lowest BCUT2D eigenvalue weighted by Gasteiger charge is -2.23. The van der Waals surface area contributed by atoms with Crippen molar-refractivity contribution in [2.45, 2.75) is 44.4 Å². The van der Waals surface area contributed by atoms with Crippen molar-refractivity contribution in [1.82, 2.24) is 10.2 Å². The molecule has 1 aromatic carbocycles. The van der Waals surface area contributed by atoms with Crippen LogP contribution in [0.5, 0.6) is 0 Å². The van der Waals surface area contributed by atoms with E-state index in [1.807, 2.05) is 7.05 Å². The fourth-order valence-corrected chi connectivity index (χ4v) is 2.36. The van der Waals surface area contributed by atoms with Crippen molar-refractivity contribution in [2.24, 2.45) is 0 Å². The Labute approximate surface area is 128 Å². The number of nitrogens with zero attached hydrogens (tertiary/aromatic N) is 1. The zero-order chi connectivity index (χ0) is 16.2. The van der Waals surface area contributed by atoms with Gasteiger partial charge in [-0.2, -0.15) is 13.2 Å². The summed E-state index contributed by atoms with van der Waals surface area (Å²) in [6.07, 6.45) is -1.11. The number of hydrogen-bond donors (Lipinski definition) is 1. The molecule has 1 aromatic rings. The number of carbonyl (C=O) groups is 1. The number of carbonyl (C=O) groups excluding carboxylic acids is 1. The maximum Gasteiger partial charge on any atom is 0.416 e. The van der Waals surface area contributed by atoms with Crippen LogP contribution >= 0.6 is 0 Å². The smallest absolute Gasteiger partial charge is 0.335 e. The van der Waals surface area contributed by atoms with Gasteiger partial charge in [-0.1, -0.05) is 12.1 Å². The molecule has 0 aliphatic heterocycles. The third-order valence-corrected chi connectivity index (χ3v) is 3.76. The Kier molecular flexibility index (Phi) is 5.45. The lowest BCUT2D eigenvalue weighted by molar-refractivity contribution is -0.137. The van der Waals surface area contributed by atoms with Gasteiger partial charge in [0, 0.05) is 19.0 Å². The Hall–Kier alpha value is -1.56. The van der Waals surface area contributed by atoms with Gasteiger partial charge in [0.2, 0.25) is 5.91 Å². The number of rotatable bonds is 7. The van der Waals surface area contributed by atoms with E-state index in [1.54, 1.807) is 4.90 Å². The second-order valence-corrected chi connectivity index (χ2v) is 5.65. The minimum atomic E-state index is -4.32. The van der Waals surface area contributed by atoms with E-state index >= 15 is 0 Å². The van der Waals surface area contributed by atoms with Gasteiger partial charge in [-0.15, -0.1) is 0 Å². The molecule has 1 aliphatic carbocycles. The van der Waals surface area contributed by atoms with Crippen LogP contribution in [0.3, 0.4) is 0 Å². The van der Waals surface area contributed by atoms with Crippen LogP contribution in [0.25, 0.3) is 0 Å². The maximum atomic E-state index is 12.6. The number of hydrogen-bond acceptors (Lipinski definition) is 2. The first-order valence-electron chi connectivity index (χ1n) is 7.52. The average molecular weight is 314 g/mol. The van der Waals surface area contributed by atoms with Gasteiger partial charge in [0.25, 0.3) is 0 Å². The number of benzene rings is 1. The molecular formula is C16H21F3N2O. The first-order chi connectivity index (χ1) is 10.4. The summed E-state index contributed by atoms with van der Waals surface area (Å²) in [5.41, 5.74) is 0.0800. The van der Waals surface area contributed by atoms with Crippen molar-refractivity contribution in [2.75, 3.05) is 13.6 Å². The Balaban J connectivity index is 1.97. The molecule has 0 spiro atoms. The predicted octanol–water partition coefficient (Wildman–Crippen LogP) is 3.20. The summed E-state index contributed by atoms with van der Waals surface area (Å²) in [5, 5.41) is 3.00. The van der Waals surface area contributed by atoms with E-state index in [0.717, 1.165) is 43.5 Å². The molecule has 0 aromatic heterocycles. The Morgan fingerprint density at radius 3 is 2.41 bits per heavy atom. The monoisotopic (exact) mass is 314 g/mol. The fraction of sp³-hybridized carbons (Fsp3) is 0.562. The van der Waals surface area contributed by atoms with Crippen LogP contribution in [0.15, 0.2) is 24.3 Å². The number of nitrogens with one attached hydrogen (secondary N) is 1. The predicted molar refractivity (Wildman–Crippen MR) is 78.2 cm³/mol. The summed E-state index contributed by atoms with van der Waals surface area (Å²) < 4.78 is 37.7. The zero-order valence-electron chi connectivity index (χ0n) is 12.6. The van der Waals surface area contributed by atoms with Gasteiger partial charge >= 0.3 is 6.18 Å². The number of alkyl halides is 3. The van der Waals surface area contributed by atoms with Crippen LogP contribution in [0, 0.1) is 0 Å². The van der Waals surface area contributed by atoms with Gasteiger partial charge in [-0.05, 0) is 50.6 Å². The molecule has 0 atom stereocenters. The maximum absolute atomic E-state index is 12.6. The van der Waals surface area contributed by atoms with E-state index in [0.29, 0.717) is 13.0 Å². The molecule has 2 rings (SSSR count). The van der Waals surface area contributed by atoms with Crippen molar-refractivity contribution in [3.63, 3.8) is 0 Å². The molecule has 1 amide bonds. The first-order valence-corrected chi connectivity index (χ1v) is 7.52. The second-order valence-electron chi connectivity index (χ2n) is 5.65. The van der Waals surface area contributed by atoms with Crippen molar-refractivity contribution in [1.29, 1.82) is 0 Å². The summed E-state index contributed by atoms with van der Waals surface area (Å²) in [7, 11) is 1.84. The van der Waals surface area contributed by atoms with E-state index in [2.05, 4.69) is 5.32 Å². The van der Waals surface area contributed by atoms with Crippen molar-refractivity contribution in [3.8, 4) is 0 Å². The van der Waals surface area contributed by atoms with E-state index in [9.17, 15) is 18.0 Å². The third kappa shape index (κ3) is 4.73. The SMILES string of the molecule is CNCCCC(=O)N(Cc1ccc(C(F)(F)F)cc1)C1CC1. The standard InChI is InChI=1S/C16H21F3N2O/c1-20-10-2-3-15(22)21(14-8-9-14)11-12-4-6-13(7-5-12)16(17,18)19/h4-7,14,20H,2-3,8-11H2,1H3. The minimum absolute atomic E-state index is 0.0812. The van der Waals surface area contributed by atoms with Gasteiger partial charge < -0.3 is 10.2 Å². The van der Waals surface area contributed by atoms with Gasteiger partial charge in [0.05, 0.1) is 5.56 Å². The molecule has 1 saturated carbocycles. The Morgan fingerprint density at radius 1 is 1.27 bits per heavy atom. The molecule has 22 heavy (non-hydrogen) atoms. The van der Waals surface area contributed by atoms with Crippen molar-refractivity contribution in [3.05, 3.63) is 35.4 Å². The van der Waals surface area contributed by atoms with Crippen LogP contribution in [-0.2, 0) is 17.5 Å². The molecule has 1 N–H and O–H groups in total. The summed E-state index contributed by atoms with van der Waals surface area (Å²) in [6.45, 7) is 1.17. The van der Waals surface area contributed by atoms with Crippen LogP contribution in [0.1, 0.15) is 36.8 Å². The van der Waals surface area contributed by atoms with Gasteiger partial charge in [-0.25, -0.2) is 0 Å². The topological polar surface area (TPSA) is 32.3 Å². The van der Waals surface area contributed by atoms with E-state index in [1.165, 1.54) is 12.1 Å². The van der Waals surface area contributed by atoms with E-state index in [-0.39, 0.29) is 11.9 Å². The molecule has 0 radical (unpaired) electrons. The van der Waals surface area contributed by atoms with Gasteiger partial charge in [0.1, 0.15) is 0 Å². The molecule has 6 heteroatoms.